The molecular formula is C15H22F2N2. The minimum Gasteiger partial charge on any atom is -0.271 e. The Hall–Kier alpha value is -1.00. The molecule has 4 unspecified atom stereocenters. The van der Waals surface area contributed by atoms with E-state index in [1.54, 1.807) is 0 Å². The minimum absolute atomic E-state index is 0.240. The van der Waals surface area contributed by atoms with Crippen molar-refractivity contribution in [3.05, 3.63) is 35.4 Å². The summed E-state index contributed by atoms with van der Waals surface area (Å²) in [5, 5.41) is 0. The van der Waals surface area contributed by atoms with Gasteiger partial charge in [0.2, 0.25) is 0 Å². The van der Waals surface area contributed by atoms with E-state index in [0.29, 0.717) is 23.3 Å². The lowest BCUT2D eigenvalue weighted by molar-refractivity contribution is 0.169. The van der Waals surface area contributed by atoms with Crippen LogP contribution < -0.4 is 11.3 Å². The summed E-state index contributed by atoms with van der Waals surface area (Å²) in [7, 11) is 0. The predicted molar refractivity (Wildman–Crippen MR) is 72.1 cm³/mol. The van der Waals surface area contributed by atoms with Crippen molar-refractivity contribution in [2.75, 3.05) is 0 Å². The second-order valence-electron chi connectivity index (χ2n) is 5.84. The van der Waals surface area contributed by atoms with Crippen LogP contribution in [0.4, 0.5) is 8.78 Å². The molecule has 0 bridgehead atoms. The summed E-state index contributed by atoms with van der Waals surface area (Å²) in [5.74, 6) is 6.15. The number of hydrogen-bond acceptors (Lipinski definition) is 2. The van der Waals surface area contributed by atoms with Crippen LogP contribution in [0.5, 0.6) is 0 Å². The smallest absolute Gasteiger partial charge is 0.130 e. The normalized spacial score (nSPS) is 29.2. The van der Waals surface area contributed by atoms with Gasteiger partial charge in [-0.05, 0) is 36.7 Å². The molecule has 4 heteroatoms. The zero-order chi connectivity index (χ0) is 14.0. The standard InChI is InChI=1S/C15H22F2N2/c1-9-3-4-11(7-10(9)2)15(19-18)13-6-5-12(16)8-14(13)17/h5-6,8-11,15,19H,3-4,7,18H2,1-2H3. The van der Waals surface area contributed by atoms with Gasteiger partial charge in [0.1, 0.15) is 11.6 Å². The lowest BCUT2D eigenvalue weighted by atomic mass is 9.72. The van der Waals surface area contributed by atoms with Gasteiger partial charge in [-0.25, -0.2) is 8.78 Å². The van der Waals surface area contributed by atoms with E-state index in [1.807, 2.05) is 0 Å². The number of hydrogen-bond donors (Lipinski definition) is 2. The van der Waals surface area contributed by atoms with E-state index in [0.717, 1.165) is 25.3 Å². The Kier molecular flexibility index (Phi) is 4.53. The van der Waals surface area contributed by atoms with E-state index in [1.165, 1.54) is 12.1 Å². The van der Waals surface area contributed by atoms with Crippen molar-refractivity contribution in [1.29, 1.82) is 0 Å². The zero-order valence-electron chi connectivity index (χ0n) is 11.5. The number of nitrogens with one attached hydrogen (secondary N) is 1. The number of nitrogens with two attached hydrogens (primary N) is 1. The minimum atomic E-state index is -0.553. The second-order valence-corrected chi connectivity index (χ2v) is 5.84. The fourth-order valence-corrected chi connectivity index (χ4v) is 3.13. The zero-order valence-corrected chi connectivity index (χ0v) is 11.5. The van der Waals surface area contributed by atoms with Gasteiger partial charge in [0.05, 0.1) is 6.04 Å². The van der Waals surface area contributed by atoms with Gasteiger partial charge in [-0.3, -0.25) is 11.3 Å². The third-order valence-corrected chi connectivity index (χ3v) is 4.59. The highest BCUT2D eigenvalue weighted by atomic mass is 19.1. The molecule has 1 aliphatic rings. The molecule has 3 N–H and O–H groups in total. The van der Waals surface area contributed by atoms with Crippen LogP contribution >= 0.6 is 0 Å². The van der Waals surface area contributed by atoms with Crippen LogP contribution in [0.25, 0.3) is 0 Å². The topological polar surface area (TPSA) is 38.0 Å². The summed E-state index contributed by atoms with van der Waals surface area (Å²) >= 11 is 0. The maximum atomic E-state index is 13.9. The Balaban J connectivity index is 2.20. The molecule has 1 aromatic rings. The highest BCUT2D eigenvalue weighted by Gasteiger charge is 2.31. The first kappa shape index (κ1) is 14.4. The molecule has 4 atom stereocenters. The van der Waals surface area contributed by atoms with Gasteiger partial charge in [0.25, 0.3) is 0 Å². The first-order valence-corrected chi connectivity index (χ1v) is 6.94. The van der Waals surface area contributed by atoms with Crippen molar-refractivity contribution < 1.29 is 8.78 Å². The van der Waals surface area contributed by atoms with Crippen molar-refractivity contribution in [2.45, 2.75) is 39.2 Å². The first-order valence-electron chi connectivity index (χ1n) is 6.94. The van der Waals surface area contributed by atoms with Crippen LogP contribution in [0.3, 0.4) is 0 Å². The van der Waals surface area contributed by atoms with Gasteiger partial charge < -0.3 is 0 Å². The number of rotatable bonds is 3. The Morgan fingerprint density at radius 2 is 1.95 bits per heavy atom. The SMILES string of the molecule is CC1CCC(C(NN)c2ccc(F)cc2F)CC1C. The summed E-state index contributed by atoms with van der Waals surface area (Å²) in [6, 6.07) is 3.47. The highest BCUT2D eigenvalue weighted by molar-refractivity contribution is 5.23. The Morgan fingerprint density at radius 3 is 2.53 bits per heavy atom. The van der Waals surface area contributed by atoms with E-state index in [-0.39, 0.29) is 6.04 Å². The molecule has 1 saturated carbocycles. The maximum Gasteiger partial charge on any atom is 0.130 e. The van der Waals surface area contributed by atoms with E-state index in [4.69, 9.17) is 5.84 Å². The molecule has 19 heavy (non-hydrogen) atoms. The third kappa shape index (κ3) is 3.12. The lowest BCUT2D eigenvalue weighted by Gasteiger charge is -2.36. The molecule has 0 saturated heterocycles. The Labute approximate surface area is 113 Å². The van der Waals surface area contributed by atoms with E-state index >= 15 is 0 Å². The molecule has 0 amide bonds. The molecular weight excluding hydrogens is 246 g/mol. The van der Waals surface area contributed by atoms with Crippen LogP contribution in [-0.4, -0.2) is 0 Å². The predicted octanol–water partition coefficient (Wildman–Crippen LogP) is 3.54. The fourth-order valence-electron chi connectivity index (χ4n) is 3.13. The summed E-state index contributed by atoms with van der Waals surface area (Å²) < 4.78 is 26.9. The largest absolute Gasteiger partial charge is 0.271 e. The molecule has 0 radical (unpaired) electrons. The first-order chi connectivity index (χ1) is 9.02. The summed E-state index contributed by atoms with van der Waals surface area (Å²) in [6.45, 7) is 4.48. The average Bonchev–Trinajstić information content (AvgIpc) is 2.37. The van der Waals surface area contributed by atoms with Crippen molar-refractivity contribution in [3.8, 4) is 0 Å². The molecule has 1 fully saturated rings. The van der Waals surface area contributed by atoms with Crippen LogP contribution in [0, 0.1) is 29.4 Å². The molecule has 0 aliphatic heterocycles. The quantitative estimate of drug-likeness (QED) is 0.650. The molecule has 106 valence electrons. The van der Waals surface area contributed by atoms with Crippen LogP contribution in [0.2, 0.25) is 0 Å². The second kappa shape index (κ2) is 5.97. The van der Waals surface area contributed by atoms with E-state index in [9.17, 15) is 8.78 Å². The molecule has 0 spiro atoms. The Bertz CT molecular complexity index is 436. The highest BCUT2D eigenvalue weighted by Crippen LogP contribution is 2.40. The molecule has 1 aliphatic carbocycles. The Morgan fingerprint density at radius 1 is 1.21 bits per heavy atom. The lowest BCUT2D eigenvalue weighted by Crippen LogP contribution is -2.37. The maximum absolute atomic E-state index is 13.9. The van der Waals surface area contributed by atoms with Crippen LogP contribution in [0.15, 0.2) is 18.2 Å². The van der Waals surface area contributed by atoms with Gasteiger partial charge in [0, 0.05) is 11.6 Å². The molecule has 2 nitrogen and oxygen atoms in total. The number of halogens is 2. The van der Waals surface area contributed by atoms with E-state index < -0.39 is 11.6 Å². The molecule has 0 aromatic heterocycles. The number of benzene rings is 1. The summed E-state index contributed by atoms with van der Waals surface area (Å²) in [4.78, 5) is 0. The van der Waals surface area contributed by atoms with Gasteiger partial charge in [-0.2, -0.15) is 0 Å². The van der Waals surface area contributed by atoms with Gasteiger partial charge in [-0.15, -0.1) is 0 Å². The van der Waals surface area contributed by atoms with E-state index in [2.05, 4.69) is 19.3 Å². The number of hydrazine groups is 1. The monoisotopic (exact) mass is 268 g/mol. The molecule has 0 heterocycles. The third-order valence-electron chi connectivity index (χ3n) is 4.59. The average molecular weight is 268 g/mol. The summed E-state index contributed by atoms with van der Waals surface area (Å²) in [5.41, 5.74) is 3.19. The molecule has 2 rings (SSSR count). The van der Waals surface area contributed by atoms with Gasteiger partial charge >= 0.3 is 0 Å². The van der Waals surface area contributed by atoms with Crippen molar-refractivity contribution in [1.82, 2.24) is 5.43 Å². The van der Waals surface area contributed by atoms with Crippen LogP contribution in [0.1, 0.15) is 44.7 Å². The van der Waals surface area contributed by atoms with Crippen molar-refractivity contribution >= 4 is 0 Å². The van der Waals surface area contributed by atoms with Gasteiger partial charge in [-0.1, -0.05) is 26.3 Å². The van der Waals surface area contributed by atoms with Crippen molar-refractivity contribution in [2.24, 2.45) is 23.6 Å². The molecule has 1 aromatic carbocycles. The fraction of sp³-hybridized carbons (Fsp3) is 0.600. The van der Waals surface area contributed by atoms with Crippen molar-refractivity contribution in [3.63, 3.8) is 0 Å². The summed E-state index contributed by atoms with van der Waals surface area (Å²) in [6.07, 6.45) is 3.18. The van der Waals surface area contributed by atoms with Gasteiger partial charge in [0.15, 0.2) is 0 Å². The van der Waals surface area contributed by atoms with Crippen LogP contribution in [-0.2, 0) is 0 Å².